The number of hydrogen-bond acceptors (Lipinski definition) is 1. The normalized spacial score (nSPS) is 11.5. The van der Waals surface area contributed by atoms with Gasteiger partial charge in [-0.1, -0.05) is 49.4 Å². The zero-order valence-corrected chi connectivity index (χ0v) is 16.1. The highest BCUT2D eigenvalue weighted by Crippen LogP contribution is 2.23. The predicted octanol–water partition coefficient (Wildman–Crippen LogP) is 6.56. The lowest BCUT2D eigenvalue weighted by molar-refractivity contribution is 0.962. The molecule has 0 fully saturated rings. The van der Waals surface area contributed by atoms with E-state index in [2.05, 4.69) is 98.1 Å². The van der Waals surface area contributed by atoms with Crippen LogP contribution in [0, 0.1) is 13.8 Å². The number of hydrogen-bond donors (Lipinski definition) is 0. The molecule has 134 valence electrons. The molecule has 0 unspecified atom stereocenters. The fourth-order valence-corrected chi connectivity index (χ4v) is 3.60. The Hall–Kier alpha value is -3.13. The van der Waals surface area contributed by atoms with Gasteiger partial charge in [0.1, 0.15) is 0 Å². The second kappa shape index (κ2) is 7.24. The van der Waals surface area contributed by atoms with E-state index in [0.717, 1.165) is 17.7 Å². The third kappa shape index (κ3) is 3.43. The first kappa shape index (κ1) is 17.3. The monoisotopic (exact) mass is 352 g/mol. The predicted molar refractivity (Wildman–Crippen MR) is 116 cm³/mol. The molecule has 0 N–H and O–H groups in total. The highest BCUT2D eigenvalue weighted by molar-refractivity contribution is 5.88. The van der Waals surface area contributed by atoms with Crippen LogP contribution in [0.1, 0.15) is 29.4 Å². The van der Waals surface area contributed by atoms with Gasteiger partial charge in [0.25, 0.3) is 0 Å². The van der Waals surface area contributed by atoms with Gasteiger partial charge >= 0.3 is 0 Å². The van der Waals surface area contributed by atoms with E-state index < -0.39 is 0 Å². The smallest absolute Gasteiger partial charge is 0.0636 e. The Balaban J connectivity index is 1.66. The summed E-state index contributed by atoms with van der Waals surface area (Å²) >= 11 is 0. The van der Waals surface area contributed by atoms with E-state index in [-0.39, 0.29) is 0 Å². The lowest BCUT2D eigenvalue weighted by Gasteiger charge is -2.10. The first-order valence-electron chi connectivity index (χ1n) is 9.47. The molecule has 0 bridgehead atoms. The van der Waals surface area contributed by atoms with E-state index >= 15 is 0 Å². The maximum absolute atomic E-state index is 4.72. The van der Waals surface area contributed by atoms with Crippen LogP contribution in [0.3, 0.4) is 0 Å². The number of fused-ring (bicyclic) bond motifs is 1. The molecule has 1 heterocycles. The molecule has 0 radical (unpaired) electrons. The average molecular weight is 352 g/mol. The molecule has 0 aliphatic carbocycles. The summed E-state index contributed by atoms with van der Waals surface area (Å²) in [5.41, 5.74) is 7.12. The number of aromatic nitrogens is 1. The first-order chi connectivity index (χ1) is 13.2. The number of benzene rings is 3. The molecule has 0 amide bonds. The van der Waals surface area contributed by atoms with Crippen molar-refractivity contribution in [3.63, 3.8) is 0 Å². The molecular weight excluding hydrogens is 328 g/mol. The fraction of sp³-hybridized carbons (Fsp3) is 0.160. The number of aryl methyl sites for hydroxylation is 2. The Morgan fingerprint density at radius 3 is 2.33 bits per heavy atom. The lowest BCUT2D eigenvalue weighted by Crippen LogP contribution is -1.99. The Morgan fingerprint density at radius 2 is 1.59 bits per heavy atom. The van der Waals surface area contributed by atoms with Gasteiger partial charge in [-0.2, -0.15) is 0 Å². The summed E-state index contributed by atoms with van der Waals surface area (Å²) < 4.78 is 2.29. The molecule has 0 aliphatic rings. The molecule has 2 heteroatoms. The van der Waals surface area contributed by atoms with Crippen molar-refractivity contribution in [1.82, 2.24) is 4.57 Å². The molecule has 4 aromatic rings. The summed E-state index contributed by atoms with van der Waals surface area (Å²) in [5, 5.41) is 2.46. The molecule has 27 heavy (non-hydrogen) atoms. The standard InChI is InChI=1S/C25H24N2/c1-4-20-9-13-25(14-10-20)27-18(2)15-23(19(27)3)17-26-24-12-11-21-7-5-6-8-22(21)16-24/h5-17H,4H2,1-3H3. The molecule has 0 saturated carbocycles. The molecule has 2 nitrogen and oxygen atoms in total. The lowest BCUT2D eigenvalue weighted by atomic mass is 10.1. The van der Waals surface area contributed by atoms with Gasteiger partial charge in [0.2, 0.25) is 0 Å². The minimum absolute atomic E-state index is 0.978. The zero-order valence-electron chi connectivity index (χ0n) is 16.1. The number of nitrogens with zero attached hydrogens (tertiary/aromatic N) is 2. The van der Waals surface area contributed by atoms with Crippen LogP contribution in [-0.4, -0.2) is 10.8 Å². The van der Waals surface area contributed by atoms with Gasteiger partial charge in [-0.25, -0.2) is 0 Å². The molecule has 4 rings (SSSR count). The maximum Gasteiger partial charge on any atom is 0.0636 e. The van der Waals surface area contributed by atoms with Crippen molar-refractivity contribution in [3.8, 4) is 5.69 Å². The Bertz CT molecular complexity index is 1110. The Kier molecular flexibility index (Phi) is 4.64. The molecular formula is C25H24N2. The van der Waals surface area contributed by atoms with E-state index in [4.69, 9.17) is 4.99 Å². The summed E-state index contributed by atoms with van der Waals surface area (Å²) in [5.74, 6) is 0. The van der Waals surface area contributed by atoms with Crippen LogP contribution in [0.2, 0.25) is 0 Å². The van der Waals surface area contributed by atoms with E-state index in [9.17, 15) is 0 Å². The van der Waals surface area contributed by atoms with Crippen molar-refractivity contribution < 1.29 is 0 Å². The van der Waals surface area contributed by atoms with Crippen LogP contribution >= 0.6 is 0 Å². The third-order valence-corrected chi connectivity index (χ3v) is 5.16. The second-order valence-corrected chi connectivity index (χ2v) is 6.97. The molecule has 3 aromatic carbocycles. The van der Waals surface area contributed by atoms with Crippen LogP contribution < -0.4 is 0 Å². The summed E-state index contributed by atoms with van der Waals surface area (Å²) in [6, 6.07) is 25.7. The SMILES string of the molecule is CCc1ccc(-n2c(C)cc(C=Nc3ccc4ccccc4c3)c2C)cc1. The van der Waals surface area contributed by atoms with Gasteiger partial charge in [0.05, 0.1) is 5.69 Å². The van der Waals surface area contributed by atoms with Gasteiger partial charge in [-0.3, -0.25) is 4.99 Å². The summed E-state index contributed by atoms with van der Waals surface area (Å²) in [7, 11) is 0. The van der Waals surface area contributed by atoms with E-state index in [1.165, 1.54) is 33.4 Å². The molecule has 0 aliphatic heterocycles. The molecule has 0 saturated heterocycles. The van der Waals surface area contributed by atoms with Gasteiger partial charge in [-0.05, 0) is 66.9 Å². The van der Waals surface area contributed by atoms with Crippen LogP contribution in [-0.2, 0) is 6.42 Å². The van der Waals surface area contributed by atoms with Gasteiger partial charge < -0.3 is 4.57 Å². The minimum atomic E-state index is 0.978. The van der Waals surface area contributed by atoms with E-state index in [1.54, 1.807) is 0 Å². The van der Waals surface area contributed by atoms with Gasteiger partial charge in [0, 0.05) is 28.9 Å². The largest absolute Gasteiger partial charge is 0.318 e. The maximum atomic E-state index is 4.72. The number of aliphatic imine (C=N–C) groups is 1. The third-order valence-electron chi connectivity index (χ3n) is 5.16. The van der Waals surface area contributed by atoms with Crippen molar-refractivity contribution in [3.05, 3.63) is 95.3 Å². The van der Waals surface area contributed by atoms with Crippen LogP contribution in [0.4, 0.5) is 5.69 Å². The fourth-order valence-electron chi connectivity index (χ4n) is 3.60. The van der Waals surface area contributed by atoms with Crippen molar-refractivity contribution >= 4 is 22.7 Å². The van der Waals surface area contributed by atoms with Crippen LogP contribution in [0.5, 0.6) is 0 Å². The second-order valence-electron chi connectivity index (χ2n) is 6.97. The van der Waals surface area contributed by atoms with Gasteiger partial charge in [0.15, 0.2) is 0 Å². The molecule has 0 spiro atoms. The summed E-state index contributed by atoms with van der Waals surface area (Å²) in [6.45, 7) is 6.49. The van der Waals surface area contributed by atoms with Crippen molar-refractivity contribution in [2.24, 2.45) is 4.99 Å². The highest BCUT2D eigenvalue weighted by atomic mass is 15.0. The average Bonchev–Trinajstić information content (AvgIpc) is 2.99. The van der Waals surface area contributed by atoms with Crippen molar-refractivity contribution in [2.45, 2.75) is 27.2 Å². The minimum Gasteiger partial charge on any atom is -0.318 e. The number of rotatable bonds is 4. The molecule has 0 atom stereocenters. The summed E-state index contributed by atoms with van der Waals surface area (Å²) in [6.07, 6.45) is 3.04. The van der Waals surface area contributed by atoms with Crippen LogP contribution in [0.25, 0.3) is 16.5 Å². The quantitative estimate of drug-likeness (QED) is 0.370. The van der Waals surface area contributed by atoms with Crippen LogP contribution in [0.15, 0.2) is 77.8 Å². The summed E-state index contributed by atoms with van der Waals surface area (Å²) in [4.78, 5) is 4.72. The highest BCUT2D eigenvalue weighted by Gasteiger charge is 2.09. The van der Waals surface area contributed by atoms with Gasteiger partial charge in [-0.15, -0.1) is 0 Å². The topological polar surface area (TPSA) is 17.3 Å². The zero-order chi connectivity index (χ0) is 18.8. The van der Waals surface area contributed by atoms with Crippen molar-refractivity contribution in [1.29, 1.82) is 0 Å². The first-order valence-corrected chi connectivity index (χ1v) is 9.47. The van der Waals surface area contributed by atoms with Crippen molar-refractivity contribution in [2.75, 3.05) is 0 Å². The van der Waals surface area contributed by atoms with E-state index in [1.807, 2.05) is 6.21 Å². The van der Waals surface area contributed by atoms with E-state index in [0.29, 0.717) is 0 Å². The Morgan fingerprint density at radius 1 is 0.852 bits per heavy atom. The molecule has 1 aromatic heterocycles. The Labute approximate surface area is 160 Å².